The molecule has 1 rings (SSSR count). The maximum absolute atomic E-state index is 5.94. The predicted octanol–water partition coefficient (Wildman–Crippen LogP) is 1.72. The van der Waals surface area contributed by atoms with E-state index in [-0.39, 0.29) is 5.41 Å². The van der Waals surface area contributed by atoms with Crippen molar-refractivity contribution < 1.29 is 4.74 Å². The monoisotopic (exact) mass is 228 g/mol. The molecule has 1 unspecified atom stereocenters. The molecule has 0 aromatic heterocycles. The molecule has 1 aliphatic heterocycles. The van der Waals surface area contributed by atoms with Gasteiger partial charge in [-0.2, -0.15) is 0 Å². The van der Waals surface area contributed by atoms with Gasteiger partial charge in [0.25, 0.3) is 0 Å². The third-order valence-corrected chi connectivity index (χ3v) is 3.53. The van der Waals surface area contributed by atoms with Crippen molar-refractivity contribution in [3.8, 4) is 0 Å². The van der Waals surface area contributed by atoms with E-state index in [4.69, 9.17) is 10.5 Å². The number of nitrogens with zero attached hydrogens (tertiary/aromatic N) is 1. The van der Waals surface area contributed by atoms with Crippen molar-refractivity contribution in [3.05, 3.63) is 0 Å². The molecule has 96 valence electrons. The summed E-state index contributed by atoms with van der Waals surface area (Å²) >= 11 is 0. The molecule has 0 saturated carbocycles. The SMILES string of the molecule is CC(C)CCN(C)CC1(CN)CCCOC1. The lowest BCUT2D eigenvalue weighted by Gasteiger charge is -2.39. The first-order valence-corrected chi connectivity index (χ1v) is 6.54. The Morgan fingerprint density at radius 2 is 2.19 bits per heavy atom. The molecule has 1 fully saturated rings. The molecule has 1 saturated heterocycles. The van der Waals surface area contributed by atoms with E-state index in [1.807, 2.05) is 0 Å². The van der Waals surface area contributed by atoms with Crippen molar-refractivity contribution in [2.24, 2.45) is 17.1 Å². The summed E-state index contributed by atoms with van der Waals surface area (Å²) in [4.78, 5) is 2.42. The number of rotatable bonds is 6. The van der Waals surface area contributed by atoms with Gasteiger partial charge in [-0.3, -0.25) is 0 Å². The summed E-state index contributed by atoms with van der Waals surface area (Å²) in [6, 6.07) is 0. The van der Waals surface area contributed by atoms with E-state index in [1.165, 1.54) is 19.4 Å². The minimum Gasteiger partial charge on any atom is -0.381 e. The van der Waals surface area contributed by atoms with Crippen LogP contribution in [0.3, 0.4) is 0 Å². The quantitative estimate of drug-likeness (QED) is 0.752. The second-order valence-electron chi connectivity index (χ2n) is 5.78. The Bertz CT molecular complexity index is 188. The fourth-order valence-electron chi connectivity index (χ4n) is 2.39. The highest BCUT2D eigenvalue weighted by atomic mass is 16.5. The molecular weight excluding hydrogens is 200 g/mol. The number of hydrogen-bond donors (Lipinski definition) is 1. The first kappa shape index (κ1) is 13.9. The fourth-order valence-corrected chi connectivity index (χ4v) is 2.39. The molecule has 0 amide bonds. The molecular formula is C13H28N2O. The van der Waals surface area contributed by atoms with E-state index in [0.717, 1.165) is 38.6 Å². The number of ether oxygens (including phenoxy) is 1. The van der Waals surface area contributed by atoms with Crippen LogP contribution < -0.4 is 5.73 Å². The van der Waals surface area contributed by atoms with Gasteiger partial charge in [-0.1, -0.05) is 13.8 Å². The maximum atomic E-state index is 5.94. The van der Waals surface area contributed by atoms with Crippen LogP contribution in [0.5, 0.6) is 0 Å². The summed E-state index contributed by atoms with van der Waals surface area (Å²) in [6.45, 7) is 9.30. The highest BCUT2D eigenvalue weighted by Crippen LogP contribution is 2.28. The summed E-state index contributed by atoms with van der Waals surface area (Å²) < 4.78 is 5.60. The van der Waals surface area contributed by atoms with Gasteiger partial charge < -0.3 is 15.4 Å². The molecule has 1 aliphatic rings. The van der Waals surface area contributed by atoms with E-state index in [1.54, 1.807) is 0 Å². The van der Waals surface area contributed by atoms with Crippen LogP contribution in [0.25, 0.3) is 0 Å². The highest BCUT2D eigenvalue weighted by Gasteiger charge is 2.32. The van der Waals surface area contributed by atoms with Crippen LogP contribution in [0.1, 0.15) is 33.1 Å². The lowest BCUT2D eigenvalue weighted by Crippen LogP contribution is -2.47. The second-order valence-corrected chi connectivity index (χ2v) is 5.78. The second kappa shape index (κ2) is 6.58. The molecule has 0 aromatic carbocycles. The van der Waals surface area contributed by atoms with Crippen LogP contribution in [-0.2, 0) is 4.74 Å². The van der Waals surface area contributed by atoms with Crippen LogP contribution in [-0.4, -0.2) is 44.8 Å². The molecule has 2 N–H and O–H groups in total. The first-order chi connectivity index (χ1) is 7.58. The molecule has 1 heterocycles. The molecule has 0 aromatic rings. The lowest BCUT2D eigenvalue weighted by molar-refractivity contribution is -0.0186. The molecule has 0 aliphatic carbocycles. The standard InChI is InChI=1S/C13H28N2O/c1-12(2)5-7-15(3)10-13(9-14)6-4-8-16-11-13/h12H,4-11,14H2,1-3H3. The topological polar surface area (TPSA) is 38.5 Å². The first-order valence-electron chi connectivity index (χ1n) is 6.54. The third-order valence-electron chi connectivity index (χ3n) is 3.53. The zero-order chi connectivity index (χ0) is 12.0. The Hall–Kier alpha value is -0.120. The van der Waals surface area contributed by atoms with Gasteiger partial charge >= 0.3 is 0 Å². The Kier molecular flexibility index (Phi) is 5.73. The van der Waals surface area contributed by atoms with Crippen molar-refractivity contribution in [1.29, 1.82) is 0 Å². The van der Waals surface area contributed by atoms with E-state index in [0.29, 0.717) is 0 Å². The van der Waals surface area contributed by atoms with Gasteiger partial charge in [0.15, 0.2) is 0 Å². The summed E-state index contributed by atoms with van der Waals surface area (Å²) in [7, 11) is 2.20. The van der Waals surface area contributed by atoms with Crippen molar-refractivity contribution in [3.63, 3.8) is 0 Å². The van der Waals surface area contributed by atoms with E-state index in [2.05, 4.69) is 25.8 Å². The van der Waals surface area contributed by atoms with Crippen LogP contribution in [0.2, 0.25) is 0 Å². The number of hydrogen-bond acceptors (Lipinski definition) is 3. The minimum atomic E-state index is 0.212. The van der Waals surface area contributed by atoms with Crippen molar-refractivity contribution in [2.45, 2.75) is 33.1 Å². The summed E-state index contributed by atoms with van der Waals surface area (Å²) in [6.07, 6.45) is 3.64. The van der Waals surface area contributed by atoms with Crippen molar-refractivity contribution in [2.75, 3.05) is 39.9 Å². The Morgan fingerprint density at radius 1 is 1.44 bits per heavy atom. The van der Waals surface area contributed by atoms with E-state index in [9.17, 15) is 0 Å². The summed E-state index contributed by atoms with van der Waals surface area (Å²) in [5.41, 5.74) is 6.15. The van der Waals surface area contributed by atoms with E-state index >= 15 is 0 Å². The Balaban J connectivity index is 2.36. The van der Waals surface area contributed by atoms with Crippen molar-refractivity contribution in [1.82, 2.24) is 4.90 Å². The average molecular weight is 228 g/mol. The van der Waals surface area contributed by atoms with Crippen molar-refractivity contribution >= 4 is 0 Å². The predicted molar refractivity (Wildman–Crippen MR) is 68.5 cm³/mol. The summed E-state index contributed by atoms with van der Waals surface area (Å²) in [5.74, 6) is 0.777. The Labute approximate surface area is 100 Å². The van der Waals surface area contributed by atoms with E-state index < -0.39 is 0 Å². The molecule has 1 atom stereocenters. The summed E-state index contributed by atoms with van der Waals surface area (Å²) in [5, 5.41) is 0. The molecule has 3 heteroatoms. The smallest absolute Gasteiger partial charge is 0.0546 e. The van der Waals surface area contributed by atoms with Gasteiger partial charge in [-0.05, 0) is 38.8 Å². The molecule has 0 radical (unpaired) electrons. The molecule has 0 spiro atoms. The number of nitrogens with two attached hydrogens (primary N) is 1. The molecule has 16 heavy (non-hydrogen) atoms. The highest BCUT2D eigenvalue weighted by molar-refractivity contribution is 4.85. The van der Waals surface area contributed by atoms with Gasteiger partial charge in [-0.15, -0.1) is 0 Å². The third kappa shape index (κ3) is 4.40. The van der Waals surface area contributed by atoms with Gasteiger partial charge in [-0.25, -0.2) is 0 Å². The maximum Gasteiger partial charge on any atom is 0.0546 e. The van der Waals surface area contributed by atoms with Crippen LogP contribution in [0, 0.1) is 11.3 Å². The average Bonchev–Trinajstić information content (AvgIpc) is 2.28. The molecule has 0 bridgehead atoms. The van der Waals surface area contributed by atoms with Gasteiger partial charge in [0.05, 0.1) is 6.61 Å². The fraction of sp³-hybridized carbons (Fsp3) is 1.00. The van der Waals surface area contributed by atoms with Crippen LogP contribution in [0.4, 0.5) is 0 Å². The van der Waals surface area contributed by atoms with Gasteiger partial charge in [0, 0.05) is 25.1 Å². The van der Waals surface area contributed by atoms with Gasteiger partial charge in [0.2, 0.25) is 0 Å². The van der Waals surface area contributed by atoms with Crippen LogP contribution in [0.15, 0.2) is 0 Å². The zero-order valence-electron chi connectivity index (χ0n) is 11.2. The zero-order valence-corrected chi connectivity index (χ0v) is 11.2. The largest absolute Gasteiger partial charge is 0.381 e. The molecule has 3 nitrogen and oxygen atoms in total. The lowest BCUT2D eigenvalue weighted by atomic mass is 9.82. The normalized spacial score (nSPS) is 26.6. The minimum absolute atomic E-state index is 0.212. The van der Waals surface area contributed by atoms with Crippen LogP contribution >= 0.6 is 0 Å². The van der Waals surface area contributed by atoms with Gasteiger partial charge in [0.1, 0.15) is 0 Å². The Morgan fingerprint density at radius 3 is 2.69 bits per heavy atom.